The van der Waals surface area contributed by atoms with Gasteiger partial charge < -0.3 is 19.1 Å². The molecule has 1 saturated heterocycles. The molecule has 0 spiro atoms. The number of amides is 2. The second kappa shape index (κ2) is 10.1. The van der Waals surface area contributed by atoms with Crippen LogP contribution in [0.1, 0.15) is 40.5 Å². The van der Waals surface area contributed by atoms with Crippen molar-refractivity contribution in [3.05, 3.63) is 75.9 Å². The summed E-state index contributed by atoms with van der Waals surface area (Å²) in [6.07, 6.45) is 2.41. The highest BCUT2D eigenvalue weighted by Gasteiger charge is 2.42. The number of hydrogen-bond donors (Lipinski definition) is 0. The van der Waals surface area contributed by atoms with Crippen LogP contribution in [0.5, 0.6) is 5.75 Å². The summed E-state index contributed by atoms with van der Waals surface area (Å²) in [6.45, 7) is 9.89. The van der Waals surface area contributed by atoms with Crippen LogP contribution in [0.3, 0.4) is 0 Å². The van der Waals surface area contributed by atoms with E-state index in [2.05, 4.69) is 22.5 Å². The number of Topliss-reactive ketones (excluding diaryl/α,β-unsaturated/α-hetero) is 1. The van der Waals surface area contributed by atoms with Crippen molar-refractivity contribution in [1.82, 2.24) is 14.4 Å². The van der Waals surface area contributed by atoms with Crippen molar-refractivity contribution in [2.24, 2.45) is 5.41 Å². The fourth-order valence-electron chi connectivity index (χ4n) is 6.01. The van der Waals surface area contributed by atoms with Crippen LogP contribution in [-0.2, 0) is 29.1 Å². The van der Waals surface area contributed by atoms with E-state index in [0.29, 0.717) is 38.2 Å². The van der Waals surface area contributed by atoms with Gasteiger partial charge in [-0.1, -0.05) is 41.6 Å². The molecule has 2 aliphatic rings. The molecule has 3 heterocycles. The molecule has 0 N–H and O–H groups in total. The number of carbonyl (C=O) groups is 3. The van der Waals surface area contributed by atoms with Crippen LogP contribution in [0.4, 0.5) is 0 Å². The molecule has 198 valence electrons. The number of fused-ring (bicyclic) bond motifs is 2. The number of methoxy groups -OCH3 is 1. The van der Waals surface area contributed by atoms with Gasteiger partial charge in [0.05, 0.1) is 19.2 Å². The molecule has 5 rings (SSSR count). The van der Waals surface area contributed by atoms with Crippen LogP contribution < -0.4 is 4.74 Å². The third-order valence-electron chi connectivity index (χ3n) is 7.82. The molecule has 1 aromatic heterocycles. The van der Waals surface area contributed by atoms with E-state index < -0.39 is 0 Å². The molecule has 0 saturated carbocycles. The predicted octanol–water partition coefficient (Wildman–Crippen LogP) is 4.91. The first kappa shape index (κ1) is 26.2. The third-order valence-corrected chi connectivity index (χ3v) is 8.31. The Hall–Kier alpha value is -3.39. The van der Waals surface area contributed by atoms with Crippen LogP contribution in [0.2, 0.25) is 0 Å². The van der Waals surface area contributed by atoms with E-state index in [1.54, 1.807) is 12.0 Å². The van der Waals surface area contributed by atoms with Gasteiger partial charge in [-0.2, -0.15) is 0 Å². The Labute approximate surface area is 231 Å². The minimum absolute atomic E-state index is 0.0326. The maximum Gasteiger partial charge on any atom is 0.256 e. The number of aromatic nitrogens is 1. The number of likely N-dealkylation sites (tertiary alicyclic amines) is 1. The maximum atomic E-state index is 14.0. The van der Waals surface area contributed by atoms with Crippen LogP contribution >= 0.6 is 15.9 Å². The highest BCUT2D eigenvalue weighted by atomic mass is 79.9. The van der Waals surface area contributed by atoms with Gasteiger partial charge in [0.25, 0.3) is 5.91 Å². The molecule has 1 fully saturated rings. The standard InChI is InChI=1S/C30H32BrN3O4/c1-5-27(36)33-17-30(3,18-33)14-22(35)16-34-19(2)28(24-13-21(31)9-10-25(24)34)29(37)32-12-11-23-20(15-32)7-6-8-26(23)38-4/h5-10,13H,1,11-12,14-18H2,2-4H3. The molecule has 2 amide bonds. The smallest absolute Gasteiger partial charge is 0.256 e. The topological polar surface area (TPSA) is 71.9 Å². The Bertz CT molecular complexity index is 1470. The molecule has 0 radical (unpaired) electrons. The highest BCUT2D eigenvalue weighted by molar-refractivity contribution is 9.10. The van der Waals surface area contributed by atoms with E-state index in [4.69, 9.17) is 4.74 Å². The van der Waals surface area contributed by atoms with Gasteiger partial charge in [-0.05, 0) is 49.2 Å². The Balaban J connectivity index is 1.41. The van der Waals surface area contributed by atoms with Crippen molar-refractivity contribution in [1.29, 1.82) is 0 Å². The number of benzene rings is 2. The van der Waals surface area contributed by atoms with E-state index in [1.165, 1.54) is 6.08 Å². The molecule has 0 unspecified atom stereocenters. The molecule has 8 heteroatoms. The minimum Gasteiger partial charge on any atom is -0.496 e. The molecule has 0 bridgehead atoms. The second-order valence-electron chi connectivity index (χ2n) is 10.7. The van der Waals surface area contributed by atoms with E-state index in [9.17, 15) is 14.4 Å². The zero-order valence-corrected chi connectivity index (χ0v) is 23.6. The van der Waals surface area contributed by atoms with Crippen LogP contribution in [0, 0.1) is 12.3 Å². The van der Waals surface area contributed by atoms with Crippen LogP contribution in [0.15, 0.2) is 53.5 Å². The maximum absolute atomic E-state index is 14.0. The van der Waals surface area contributed by atoms with E-state index in [0.717, 1.165) is 44.4 Å². The van der Waals surface area contributed by atoms with Crippen LogP contribution in [0.25, 0.3) is 10.9 Å². The summed E-state index contributed by atoms with van der Waals surface area (Å²) >= 11 is 3.56. The zero-order chi connectivity index (χ0) is 27.2. The summed E-state index contributed by atoms with van der Waals surface area (Å²) in [5, 5.41) is 0.837. The van der Waals surface area contributed by atoms with Gasteiger partial charge in [0.1, 0.15) is 5.75 Å². The lowest BCUT2D eigenvalue weighted by Gasteiger charge is -2.47. The van der Waals surface area contributed by atoms with Gasteiger partial charge in [-0.25, -0.2) is 0 Å². The van der Waals surface area contributed by atoms with Gasteiger partial charge in [-0.15, -0.1) is 0 Å². The van der Waals surface area contributed by atoms with Gasteiger partial charge in [0.15, 0.2) is 5.78 Å². The third kappa shape index (κ3) is 4.66. The van der Waals surface area contributed by atoms with Crippen molar-refractivity contribution >= 4 is 44.4 Å². The highest BCUT2D eigenvalue weighted by Crippen LogP contribution is 2.36. The van der Waals surface area contributed by atoms with E-state index >= 15 is 0 Å². The lowest BCUT2D eigenvalue weighted by Crippen LogP contribution is -2.57. The molecule has 2 aliphatic heterocycles. The summed E-state index contributed by atoms with van der Waals surface area (Å²) in [7, 11) is 1.67. The molecular weight excluding hydrogens is 546 g/mol. The monoisotopic (exact) mass is 577 g/mol. The summed E-state index contributed by atoms with van der Waals surface area (Å²) in [4.78, 5) is 42.6. The molecule has 0 atom stereocenters. The number of nitrogens with zero attached hydrogens (tertiary/aromatic N) is 3. The number of halogens is 1. The summed E-state index contributed by atoms with van der Waals surface area (Å²) in [6, 6.07) is 11.8. The number of carbonyl (C=O) groups excluding carboxylic acids is 3. The van der Waals surface area contributed by atoms with Crippen molar-refractivity contribution in [2.75, 3.05) is 26.7 Å². The normalized spacial score (nSPS) is 16.1. The fraction of sp³-hybridized carbons (Fsp3) is 0.367. The van der Waals surface area contributed by atoms with Crippen molar-refractivity contribution in [3.8, 4) is 5.75 Å². The summed E-state index contributed by atoms with van der Waals surface area (Å²) < 4.78 is 8.37. The summed E-state index contributed by atoms with van der Waals surface area (Å²) in [5.41, 5.74) is 4.30. The first-order valence-electron chi connectivity index (χ1n) is 12.8. The van der Waals surface area contributed by atoms with E-state index in [1.807, 2.05) is 59.7 Å². The zero-order valence-electron chi connectivity index (χ0n) is 22.1. The average molecular weight is 579 g/mol. The quantitative estimate of drug-likeness (QED) is 0.374. The lowest BCUT2D eigenvalue weighted by atomic mass is 9.77. The largest absolute Gasteiger partial charge is 0.496 e. The molecular formula is C30H32BrN3O4. The van der Waals surface area contributed by atoms with Crippen molar-refractivity contribution in [3.63, 3.8) is 0 Å². The number of rotatable bonds is 7. The predicted molar refractivity (Wildman–Crippen MR) is 150 cm³/mol. The molecule has 38 heavy (non-hydrogen) atoms. The minimum atomic E-state index is -0.240. The number of ether oxygens (including phenoxy) is 1. The lowest BCUT2D eigenvalue weighted by molar-refractivity contribution is -0.140. The Kier molecular flexibility index (Phi) is 6.94. The first-order valence-corrected chi connectivity index (χ1v) is 13.6. The average Bonchev–Trinajstić information content (AvgIpc) is 3.15. The second-order valence-corrected chi connectivity index (χ2v) is 11.6. The fourth-order valence-corrected chi connectivity index (χ4v) is 6.37. The van der Waals surface area contributed by atoms with Gasteiger partial charge in [0.2, 0.25) is 5.91 Å². The number of ketones is 1. The Morgan fingerprint density at radius 3 is 2.63 bits per heavy atom. The molecule has 7 nitrogen and oxygen atoms in total. The Morgan fingerprint density at radius 1 is 1.16 bits per heavy atom. The molecule has 2 aromatic carbocycles. The molecule has 0 aliphatic carbocycles. The molecule has 3 aromatic rings. The van der Waals surface area contributed by atoms with Crippen LogP contribution in [-0.4, -0.2) is 58.7 Å². The van der Waals surface area contributed by atoms with Gasteiger partial charge >= 0.3 is 0 Å². The summed E-state index contributed by atoms with van der Waals surface area (Å²) in [5.74, 6) is 0.811. The van der Waals surface area contributed by atoms with Crippen molar-refractivity contribution in [2.45, 2.75) is 39.8 Å². The van der Waals surface area contributed by atoms with Gasteiger partial charge in [-0.3, -0.25) is 14.4 Å². The SMILES string of the molecule is C=CC(=O)N1CC(C)(CC(=O)Cn2c(C)c(C(=O)N3CCc4c(cccc4OC)C3)c3cc(Br)ccc32)C1. The van der Waals surface area contributed by atoms with Crippen molar-refractivity contribution < 1.29 is 19.1 Å². The first-order chi connectivity index (χ1) is 18.1. The Morgan fingerprint density at radius 2 is 1.92 bits per heavy atom. The van der Waals surface area contributed by atoms with Gasteiger partial charge in [0, 0.05) is 64.6 Å². The van der Waals surface area contributed by atoms with E-state index in [-0.39, 0.29) is 29.6 Å². The number of hydrogen-bond acceptors (Lipinski definition) is 4.